The average Bonchev–Trinajstić information content (AvgIpc) is 2.76. The summed E-state index contributed by atoms with van der Waals surface area (Å²) in [6.07, 6.45) is -0.0407. The Hall–Kier alpha value is -1.39. The molecule has 1 heterocycles. The van der Waals surface area contributed by atoms with Crippen LogP contribution in [0, 0.1) is 6.92 Å². The molecule has 18 heavy (non-hydrogen) atoms. The van der Waals surface area contributed by atoms with Crippen LogP contribution in [0.2, 0.25) is 0 Å². The zero-order valence-electron chi connectivity index (χ0n) is 10.6. The highest BCUT2D eigenvalue weighted by atomic mass is 32.1. The van der Waals surface area contributed by atoms with Gasteiger partial charge in [-0.25, -0.2) is 4.98 Å². The second-order valence-electron chi connectivity index (χ2n) is 4.07. The highest BCUT2D eigenvalue weighted by Crippen LogP contribution is 2.28. The van der Waals surface area contributed by atoms with Gasteiger partial charge in [0.05, 0.1) is 17.7 Å². The number of ether oxygens (including phenoxy) is 1. The minimum absolute atomic E-state index is 0.530. The van der Waals surface area contributed by atoms with E-state index in [0.29, 0.717) is 13.0 Å². The largest absolute Gasteiger partial charge is 0.493 e. The van der Waals surface area contributed by atoms with Crippen molar-refractivity contribution in [3.63, 3.8) is 0 Å². The number of hydrogen-bond acceptors (Lipinski definition) is 4. The number of para-hydroxylation sites is 1. The Balaban J connectivity index is 2.15. The zero-order valence-corrected chi connectivity index (χ0v) is 11.4. The van der Waals surface area contributed by atoms with Gasteiger partial charge < -0.3 is 9.84 Å². The molecule has 2 aromatic rings. The molecule has 96 valence electrons. The van der Waals surface area contributed by atoms with Gasteiger partial charge in [0.1, 0.15) is 5.75 Å². The summed E-state index contributed by atoms with van der Waals surface area (Å²) >= 11 is 1.58. The third-order valence-corrected chi connectivity index (χ3v) is 3.60. The molecule has 1 N–H and O–H groups in total. The third kappa shape index (κ3) is 3.09. The maximum atomic E-state index is 10.3. The van der Waals surface area contributed by atoms with Gasteiger partial charge >= 0.3 is 0 Å². The zero-order chi connectivity index (χ0) is 13.0. The highest BCUT2D eigenvalue weighted by molar-refractivity contribution is 7.09. The van der Waals surface area contributed by atoms with E-state index < -0.39 is 6.10 Å². The number of aryl methyl sites for hydroxylation is 1. The summed E-state index contributed by atoms with van der Waals surface area (Å²) in [5, 5.41) is 13.2. The summed E-state index contributed by atoms with van der Waals surface area (Å²) in [7, 11) is 0. The maximum absolute atomic E-state index is 10.3. The van der Waals surface area contributed by atoms with Crippen LogP contribution in [0.5, 0.6) is 5.75 Å². The van der Waals surface area contributed by atoms with Crippen molar-refractivity contribution in [2.45, 2.75) is 26.4 Å². The molecule has 3 nitrogen and oxygen atoms in total. The number of aliphatic hydroxyl groups excluding tert-OH is 1. The Bertz CT molecular complexity index is 510. The first kappa shape index (κ1) is 13.1. The predicted molar refractivity (Wildman–Crippen MR) is 73.1 cm³/mol. The van der Waals surface area contributed by atoms with E-state index in [2.05, 4.69) is 4.98 Å². The Morgan fingerprint density at radius 2 is 2.17 bits per heavy atom. The summed E-state index contributed by atoms with van der Waals surface area (Å²) in [6, 6.07) is 7.61. The second kappa shape index (κ2) is 5.98. The van der Waals surface area contributed by atoms with Gasteiger partial charge in [-0.05, 0) is 19.9 Å². The molecule has 1 unspecified atom stereocenters. The SMILES string of the molecule is CCOc1ccccc1C(O)Cc1nc(C)cs1. The van der Waals surface area contributed by atoms with Crippen LogP contribution in [0.1, 0.15) is 29.3 Å². The van der Waals surface area contributed by atoms with E-state index in [0.717, 1.165) is 22.0 Å². The van der Waals surface area contributed by atoms with Crippen molar-refractivity contribution in [1.29, 1.82) is 0 Å². The van der Waals surface area contributed by atoms with Gasteiger partial charge in [0.15, 0.2) is 0 Å². The lowest BCUT2D eigenvalue weighted by Crippen LogP contribution is -2.05. The number of aliphatic hydroxyl groups is 1. The Morgan fingerprint density at radius 3 is 2.83 bits per heavy atom. The van der Waals surface area contributed by atoms with Gasteiger partial charge in [0.25, 0.3) is 0 Å². The molecule has 0 amide bonds. The van der Waals surface area contributed by atoms with Crippen LogP contribution < -0.4 is 4.74 Å². The van der Waals surface area contributed by atoms with E-state index in [1.165, 1.54) is 0 Å². The van der Waals surface area contributed by atoms with Crippen LogP contribution in [0.4, 0.5) is 0 Å². The first-order valence-electron chi connectivity index (χ1n) is 6.01. The Morgan fingerprint density at radius 1 is 1.39 bits per heavy atom. The molecule has 1 atom stereocenters. The van der Waals surface area contributed by atoms with Gasteiger partial charge in [-0.15, -0.1) is 11.3 Å². The van der Waals surface area contributed by atoms with Crippen molar-refractivity contribution in [3.05, 3.63) is 45.9 Å². The van der Waals surface area contributed by atoms with Crippen molar-refractivity contribution >= 4 is 11.3 Å². The van der Waals surface area contributed by atoms with Crippen molar-refractivity contribution in [1.82, 2.24) is 4.98 Å². The van der Waals surface area contributed by atoms with Gasteiger partial charge in [-0.1, -0.05) is 18.2 Å². The van der Waals surface area contributed by atoms with E-state index in [1.54, 1.807) is 11.3 Å². The molecule has 0 bridgehead atoms. The molecular formula is C14H17NO2S. The Labute approximate surface area is 111 Å². The van der Waals surface area contributed by atoms with Crippen molar-refractivity contribution < 1.29 is 9.84 Å². The summed E-state index contributed by atoms with van der Waals surface area (Å²) in [5.74, 6) is 0.751. The minimum Gasteiger partial charge on any atom is -0.493 e. The molecule has 0 fully saturated rings. The van der Waals surface area contributed by atoms with Gasteiger partial charge in [0, 0.05) is 23.1 Å². The number of benzene rings is 1. The molecule has 0 aliphatic rings. The molecule has 0 saturated carbocycles. The van der Waals surface area contributed by atoms with Crippen LogP contribution >= 0.6 is 11.3 Å². The normalized spacial score (nSPS) is 12.4. The smallest absolute Gasteiger partial charge is 0.125 e. The minimum atomic E-state index is -0.571. The van der Waals surface area contributed by atoms with E-state index in [1.807, 2.05) is 43.5 Å². The van der Waals surface area contributed by atoms with E-state index in [-0.39, 0.29) is 0 Å². The molecule has 1 aromatic heterocycles. The Kier molecular flexibility index (Phi) is 4.33. The molecule has 0 saturated heterocycles. The highest BCUT2D eigenvalue weighted by Gasteiger charge is 2.15. The quantitative estimate of drug-likeness (QED) is 0.901. The second-order valence-corrected chi connectivity index (χ2v) is 5.02. The van der Waals surface area contributed by atoms with Crippen LogP contribution in [0.15, 0.2) is 29.6 Å². The van der Waals surface area contributed by atoms with Gasteiger partial charge in [0.2, 0.25) is 0 Å². The monoisotopic (exact) mass is 263 g/mol. The number of nitrogens with zero attached hydrogens (tertiary/aromatic N) is 1. The number of aromatic nitrogens is 1. The van der Waals surface area contributed by atoms with Gasteiger partial charge in [-0.2, -0.15) is 0 Å². The van der Waals surface area contributed by atoms with E-state index in [9.17, 15) is 5.11 Å². The van der Waals surface area contributed by atoms with Crippen molar-refractivity contribution in [2.75, 3.05) is 6.61 Å². The lowest BCUT2D eigenvalue weighted by molar-refractivity contribution is 0.172. The first-order valence-corrected chi connectivity index (χ1v) is 6.89. The molecule has 2 rings (SSSR count). The van der Waals surface area contributed by atoms with Crippen LogP contribution in [-0.2, 0) is 6.42 Å². The topological polar surface area (TPSA) is 42.4 Å². The number of rotatable bonds is 5. The first-order chi connectivity index (χ1) is 8.70. The standard InChI is InChI=1S/C14H17NO2S/c1-3-17-13-7-5-4-6-11(13)12(16)8-14-15-10(2)9-18-14/h4-7,9,12,16H,3,8H2,1-2H3. The van der Waals surface area contributed by atoms with Crippen molar-refractivity contribution in [3.8, 4) is 5.75 Å². The van der Waals surface area contributed by atoms with Crippen LogP contribution in [0.25, 0.3) is 0 Å². The maximum Gasteiger partial charge on any atom is 0.125 e. The third-order valence-electron chi connectivity index (χ3n) is 2.61. The lowest BCUT2D eigenvalue weighted by Gasteiger charge is -2.14. The fourth-order valence-electron chi connectivity index (χ4n) is 1.81. The average molecular weight is 263 g/mol. The number of thiazole rings is 1. The molecular weight excluding hydrogens is 246 g/mol. The molecule has 0 radical (unpaired) electrons. The molecule has 4 heteroatoms. The molecule has 0 aliphatic carbocycles. The fraction of sp³-hybridized carbons (Fsp3) is 0.357. The molecule has 1 aromatic carbocycles. The number of hydrogen-bond donors (Lipinski definition) is 1. The summed E-state index contributed by atoms with van der Waals surface area (Å²) < 4.78 is 5.52. The molecule has 0 spiro atoms. The predicted octanol–water partition coefficient (Wildman–Crippen LogP) is 3.13. The van der Waals surface area contributed by atoms with Gasteiger partial charge in [-0.3, -0.25) is 0 Å². The summed E-state index contributed by atoms with van der Waals surface area (Å²) in [5.41, 5.74) is 1.83. The van der Waals surface area contributed by atoms with E-state index >= 15 is 0 Å². The van der Waals surface area contributed by atoms with E-state index in [4.69, 9.17) is 4.74 Å². The van der Waals surface area contributed by atoms with Crippen LogP contribution in [0.3, 0.4) is 0 Å². The van der Waals surface area contributed by atoms with Crippen molar-refractivity contribution in [2.24, 2.45) is 0 Å². The lowest BCUT2D eigenvalue weighted by atomic mass is 10.1. The van der Waals surface area contributed by atoms with Crippen LogP contribution in [-0.4, -0.2) is 16.7 Å². The summed E-state index contributed by atoms with van der Waals surface area (Å²) in [6.45, 7) is 4.49. The summed E-state index contributed by atoms with van der Waals surface area (Å²) in [4.78, 5) is 4.37. The molecule has 0 aliphatic heterocycles. The fourth-order valence-corrected chi connectivity index (χ4v) is 2.62.